The summed E-state index contributed by atoms with van der Waals surface area (Å²) in [4.78, 5) is 1.02. The smallest absolute Gasteiger partial charge is 0.119 e. The average Bonchev–Trinajstić information content (AvgIpc) is 2.44. The van der Waals surface area contributed by atoms with Crippen LogP contribution < -0.4 is 10.5 Å². The fraction of sp³-hybridized carbons (Fsp3) is 0.200. The first-order chi connectivity index (χ1) is 9.65. The Hall–Kier alpha value is -1.03. The maximum absolute atomic E-state index is 5.95. The molecular formula is C15H15Cl2NOS. The monoisotopic (exact) mass is 327 g/mol. The molecule has 0 bridgehead atoms. The van der Waals surface area contributed by atoms with Gasteiger partial charge in [-0.2, -0.15) is 0 Å². The van der Waals surface area contributed by atoms with Gasteiger partial charge in [0.25, 0.3) is 0 Å². The molecule has 20 heavy (non-hydrogen) atoms. The summed E-state index contributed by atoms with van der Waals surface area (Å²) in [5.74, 6) is 1.76. The second-order valence-electron chi connectivity index (χ2n) is 4.19. The second-order valence-corrected chi connectivity index (χ2v) is 6.20. The zero-order chi connectivity index (χ0) is 14.4. The van der Waals surface area contributed by atoms with E-state index in [4.69, 9.17) is 33.7 Å². The molecule has 2 aromatic rings. The number of thioether (sulfide) groups is 1. The first-order valence-corrected chi connectivity index (χ1v) is 7.95. The fourth-order valence-electron chi connectivity index (χ4n) is 1.60. The van der Waals surface area contributed by atoms with E-state index in [0.29, 0.717) is 16.7 Å². The van der Waals surface area contributed by atoms with E-state index in [9.17, 15) is 0 Å². The highest BCUT2D eigenvalue weighted by molar-refractivity contribution is 7.99. The molecule has 2 aromatic carbocycles. The molecule has 0 aliphatic rings. The predicted molar refractivity (Wildman–Crippen MR) is 88.2 cm³/mol. The normalized spacial score (nSPS) is 10.5. The van der Waals surface area contributed by atoms with Crippen LogP contribution in [0, 0.1) is 0 Å². The van der Waals surface area contributed by atoms with Gasteiger partial charge in [0, 0.05) is 26.4 Å². The van der Waals surface area contributed by atoms with Gasteiger partial charge in [-0.25, -0.2) is 0 Å². The molecule has 0 aliphatic carbocycles. The van der Waals surface area contributed by atoms with Crippen LogP contribution in [-0.2, 0) is 0 Å². The van der Waals surface area contributed by atoms with E-state index < -0.39 is 0 Å². The molecule has 0 aliphatic heterocycles. The van der Waals surface area contributed by atoms with Crippen LogP contribution in [0.1, 0.15) is 6.42 Å². The quantitative estimate of drug-likeness (QED) is 0.453. The van der Waals surface area contributed by atoms with E-state index in [2.05, 4.69) is 0 Å². The van der Waals surface area contributed by atoms with Gasteiger partial charge >= 0.3 is 0 Å². The minimum atomic E-state index is 0.662. The van der Waals surface area contributed by atoms with Crippen molar-refractivity contribution in [2.24, 2.45) is 0 Å². The first-order valence-electron chi connectivity index (χ1n) is 6.21. The summed E-state index contributed by atoms with van der Waals surface area (Å²) in [7, 11) is 0. The van der Waals surface area contributed by atoms with Crippen LogP contribution in [0.15, 0.2) is 47.4 Å². The number of halogens is 2. The number of nitrogens with two attached hydrogens (primary N) is 1. The number of nitrogen functional groups attached to an aromatic ring is 1. The summed E-state index contributed by atoms with van der Waals surface area (Å²) < 4.78 is 5.62. The number of ether oxygens (including phenoxy) is 1. The van der Waals surface area contributed by atoms with E-state index in [0.717, 1.165) is 28.5 Å². The minimum Gasteiger partial charge on any atom is -0.494 e. The van der Waals surface area contributed by atoms with Crippen LogP contribution in [0.2, 0.25) is 10.0 Å². The molecule has 0 amide bonds. The van der Waals surface area contributed by atoms with E-state index in [-0.39, 0.29) is 0 Å². The molecule has 0 atom stereocenters. The van der Waals surface area contributed by atoms with Crippen LogP contribution in [0.25, 0.3) is 0 Å². The van der Waals surface area contributed by atoms with Crippen molar-refractivity contribution >= 4 is 40.7 Å². The molecule has 2 nitrogen and oxygen atoms in total. The van der Waals surface area contributed by atoms with Gasteiger partial charge in [0.2, 0.25) is 0 Å². The Morgan fingerprint density at radius 1 is 1.00 bits per heavy atom. The van der Waals surface area contributed by atoms with E-state index in [1.165, 1.54) is 0 Å². The lowest BCUT2D eigenvalue weighted by atomic mass is 10.3. The van der Waals surface area contributed by atoms with Gasteiger partial charge < -0.3 is 10.5 Å². The molecule has 0 spiro atoms. The molecule has 0 saturated carbocycles. The van der Waals surface area contributed by atoms with Gasteiger partial charge in [-0.05, 0) is 48.9 Å². The van der Waals surface area contributed by atoms with Gasteiger partial charge in [0.05, 0.1) is 6.61 Å². The summed E-state index contributed by atoms with van der Waals surface area (Å²) >= 11 is 13.4. The van der Waals surface area contributed by atoms with Crippen molar-refractivity contribution in [1.29, 1.82) is 0 Å². The maximum Gasteiger partial charge on any atom is 0.119 e. The SMILES string of the molecule is Nc1ccc(Cl)cc1SCCCOc1ccc(Cl)cc1. The summed E-state index contributed by atoms with van der Waals surface area (Å²) in [6, 6.07) is 12.9. The lowest BCUT2D eigenvalue weighted by Gasteiger charge is -2.07. The maximum atomic E-state index is 5.95. The lowest BCUT2D eigenvalue weighted by molar-refractivity contribution is 0.319. The Labute approximate surface area is 133 Å². The standard InChI is InChI=1S/C15H15Cl2NOS/c16-11-2-5-13(6-3-11)19-8-1-9-20-15-10-12(17)4-7-14(15)18/h2-7,10H,1,8-9,18H2. The van der Waals surface area contributed by atoms with Crippen LogP contribution in [-0.4, -0.2) is 12.4 Å². The first kappa shape index (κ1) is 15.4. The Morgan fingerprint density at radius 3 is 2.45 bits per heavy atom. The number of rotatable bonds is 6. The van der Waals surface area contributed by atoms with Crippen molar-refractivity contribution in [2.75, 3.05) is 18.1 Å². The Bertz CT molecular complexity index is 560. The molecule has 0 unspecified atom stereocenters. The molecule has 2 N–H and O–H groups in total. The zero-order valence-corrected chi connectivity index (χ0v) is 13.1. The van der Waals surface area contributed by atoms with E-state index in [1.807, 2.05) is 36.4 Å². The molecule has 0 fully saturated rings. The third kappa shape index (κ3) is 4.82. The highest BCUT2D eigenvalue weighted by atomic mass is 35.5. The highest BCUT2D eigenvalue weighted by Crippen LogP contribution is 2.28. The number of hydrogen-bond donors (Lipinski definition) is 1. The predicted octanol–water partition coefficient (Wildman–Crippen LogP) is 5.14. The van der Waals surface area contributed by atoms with Gasteiger partial charge in [-0.1, -0.05) is 23.2 Å². The lowest BCUT2D eigenvalue weighted by Crippen LogP contribution is -1.99. The molecule has 0 aromatic heterocycles. The second kappa shape index (κ2) is 7.67. The summed E-state index contributed by atoms with van der Waals surface area (Å²) in [6.07, 6.45) is 0.930. The summed E-state index contributed by atoms with van der Waals surface area (Å²) in [5.41, 5.74) is 6.65. The van der Waals surface area contributed by atoms with Crippen molar-refractivity contribution < 1.29 is 4.74 Å². The van der Waals surface area contributed by atoms with E-state index >= 15 is 0 Å². The minimum absolute atomic E-state index is 0.662. The molecular weight excluding hydrogens is 313 g/mol. The van der Waals surface area contributed by atoms with Gasteiger partial charge in [0.15, 0.2) is 0 Å². The topological polar surface area (TPSA) is 35.2 Å². The third-order valence-corrected chi connectivity index (χ3v) is 4.25. The average molecular weight is 328 g/mol. The fourth-order valence-corrected chi connectivity index (χ4v) is 2.88. The highest BCUT2D eigenvalue weighted by Gasteiger charge is 2.01. The Morgan fingerprint density at radius 2 is 1.70 bits per heavy atom. The number of hydrogen-bond acceptors (Lipinski definition) is 3. The molecule has 0 radical (unpaired) electrons. The van der Waals surface area contributed by atoms with Crippen molar-refractivity contribution in [3.63, 3.8) is 0 Å². The third-order valence-electron chi connectivity index (χ3n) is 2.60. The molecule has 5 heteroatoms. The largest absolute Gasteiger partial charge is 0.494 e. The summed E-state index contributed by atoms with van der Waals surface area (Å²) in [5, 5.41) is 1.42. The van der Waals surface area contributed by atoms with Crippen LogP contribution in [0.3, 0.4) is 0 Å². The molecule has 0 heterocycles. The van der Waals surface area contributed by atoms with Gasteiger partial charge in [0.1, 0.15) is 5.75 Å². The number of anilines is 1. The van der Waals surface area contributed by atoms with Gasteiger partial charge in [-0.3, -0.25) is 0 Å². The Kier molecular flexibility index (Phi) is 5.89. The van der Waals surface area contributed by atoms with Crippen LogP contribution in [0.5, 0.6) is 5.75 Å². The molecule has 2 rings (SSSR count). The van der Waals surface area contributed by atoms with Crippen molar-refractivity contribution in [3.05, 3.63) is 52.5 Å². The van der Waals surface area contributed by atoms with Crippen LogP contribution >= 0.6 is 35.0 Å². The van der Waals surface area contributed by atoms with Crippen LogP contribution in [0.4, 0.5) is 5.69 Å². The zero-order valence-electron chi connectivity index (χ0n) is 10.8. The Balaban J connectivity index is 1.71. The van der Waals surface area contributed by atoms with Crippen molar-refractivity contribution in [1.82, 2.24) is 0 Å². The van der Waals surface area contributed by atoms with Gasteiger partial charge in [-0.15, -0.1) is 11.8 Å². The molecule has 0 saturated heterocycles. The molecule has 106 valence electrons. The summed E-state index contributed by atoms with van der Waals surface area (Å²) in [6.45, 7) is 0.662. The number of benzene rings is 2. The van der Waals surface area contributed by atoms with Crippen molar-refractivity contribution in [2.45, 2.75) is 11.3 Å². The van der Waals surface area contributed by atoms with Crippen molar-refractivity contribution in [3.8, 4) is 5.75 Å². The van der Waals surface area contributed by atoms with E-state index in [1.54, 1.807) is 17.8 Å².